The van der Waals surface area contributed by atoms with E-state index in [1.165, 1.54) is 25.3 Å². The summed E-state index contributed by atoms with van der Waals surface area (Å²) in [6, 6.07) is 5.88. The third kappa shape index (κ3) is 3.27. The largest absolute Gasteiger partial charge is 0.496 e. The molecule has 2 aromatic carbocycles. The van der Waals surface area contributed by atoms with Gasteiger partial charge in [-0.3, -0.25) is 10.1 Å². The lowest BCUT2D eigenvalue weighted by Gasteiger charge is -2.09. The van der Waals surface area contributed by atoms with E-state index in [2.05, 4.69) is 15.9 Å². The van der Waals surface area contributed by atoms with Crippen LogP contribution in [0.4, 0.5) is 14.5 Å². The minimum atomic E-state index is -1.23. The molecule has 2 aromatic rings. The molecule has 0 unspecified atom stereocenters. The molecular formula is C13H8BrF2NO4. The quantitative estimate of drug-likeness (QED) is 0.460. The standard InChI is InChI=1S/C13H8BrF2NO4/c1-20-8-2-3-11(10(6-8)17(18)19)21-12-5-7(14)4-9(15)13(12)16/h2-6H,1H3. The number of ether oxygens (including phenoxy) is 2. The van der Waals surface area contributed by atoms with Gasteiger partial charge in [0.2, 0.25) is 11.6 Å². The van der Waals surface area contributed by atoms with Gasteiger partial charge in [-0.25, -0.2) is 4.39 Å². The Morgan fingerprint density at radius 2 is 1.90 bits per heavy atom. The maximum absolute atomic E-state index is 13.6. The molecule has 21 heavy (non-hydrogen) atoms. The fourth-order valence-corrected chi connectivity index (χ4v) is 1.99. The topological polar surface area (TPSA) is 61.6 Å². The number of benzene rings is 2. The van der Waals surface area contributed by atoms with E-state index in [0.717, 1.165) is 12.1 Å². The van der Waals surface area contributed by atoms with Crippen LogP contribution in [0.15, 0.2) is 34.8 Å². The van der Waals surface area contributed by atoms with Gasteiger partial charge >= 0.3 is 5.69 Å². The van der Waals surface area contributed by atoms with Gasteiger partial charge in [0.1, 0.15) is 5.75 Å². The summed E-state index contributed by atoms with van der Waals surface area (Å²) in [5, 5.41) is 11.0. The first-order valence-corrected chi connectivity index (χ1v) is 6.36. The minimum Gasteiger partial charge on any atom is -0.496 e. The number of methoxy groups -OCH3 is 1. The van der Waals surface area contributed by atoms with Crippen molar-refractivity contribution in [2.75, 3.05) is 7.11 Å². The Morgan fingerprint density at radius 1 is 1.19 bits per heavy atom. The van der Waals surface area contributed by atoms with Crippen LogP contribution in [0.25, 0.3) is 0 Å². The number of nitro groups is 1. The van der Waals surface area contributed by atoms with Crippen molar-refractivity contribution in [2.45, 2.75) is 0 Å². The van der Waals surface area contributed by atoms with Gasteiger partial charge in [-0.15, -0.1) is 0 Å². The zero-order valence-electron chi connectivity index (χ0n) is 10.6. The van der Waals surface area contributed by atoms with Crippen LogP contribution < -0.4 is 9.47 Å². The lowest BCUT2D eigenvalue weighted by molar-refractivity contribution is -0.385. The number of hydrogen-bond acceptors (Lipinski definition) is 4. The average Bonchev–Trinajstić information content (AvgIpc) is 2.44. The van der Waals surface area contributed by atoms with Gasteiger partial charge in [-0.05, 0) is 24.3 Å². The summed E-state index contributed by atoms with van der Waals surface area (Å²) in [4.78, 5) is 10.3. The molecule has 0 aliphatic carbocycles. The van der Waals surface area contributed by atoms with E-state index < -0.39 is 28.0 Å². The second kappa shape index (κ2) is 6.04. The zero-order valence-corrected chi connectivity index (χ0v) is 12.2. The molecule has 0 bridgehead atoms. The summed E-state index contributed by atoms with van der Waals surface area (Å²) < 4.78 is 37.1. The maximum atomic E-state index is 13.6. The molecule has 0 atom stereocenters. The third-order valence-electron chi connectivity index (χ3n) is 2.54. The summed E-state index contributed by atoms with van der Waals surface area (Å²) in [5.74, 6) is -2.80. The van der Waals surface area contributed by atoms with E-state index in [0.29, 0.717) is 0 Å². The summed E-state index contributed by atoms with van der Waals surface area (Å²) >= 11 is 2.99. The lowest BCUT2D eigenvalue weighted by atomic mass is 10.2. The molecule has 0 N–H and O–H groups in total. The van der Waals surface area contributed by atoms with Gasteiger partial charge in [-0.2, -0.15) is 4.39 Å². The van der Waals surface area contributed by atoms with Crippen LogP contribution in [0, 0.1) is 21.7 Å². The second-order valence-electron chi connectivity index (χ2n) is 3.89. The van der Waals surface area contributed by atoms with Crippen LogP contribution in [0.2, 0.25) is 0 Å². The molecule has 0 amide bonds. The highest BCUT2D eigenvalue weighted by molar-refractivity contribution is 9.10. The smallest absolute Gasteiger partial charge is 0.315 e. The molecule has 0 spiro atoms. The van der Waals surface area contributed by atoms with Crippen LogP contribution >= 0.6 is 15.9 Å². The Morgan fingerprint density at radius 3 is 2.52 bits per heavy atom. The number of halogens is 3. The summed E-state index contributed by atoms with van der Waals surface area (Å²) in [6.45, 7) is 0. The Balaban J connectivity index is 2.47. The summed E-state index contributed by atoms with van der Waals surface area (Å²) in [6.07, 6.45) is 0. The molecule has 0 radical (unpaired) electrons. The molecule has 8 heteroatoms. The van der Waals surface area contributed by atoms with Crippen LogP contribution in [-0.4, -0.2) is 12.0 Å². The first-order valence-electron chi connectivity index (χ1n) is 5.57. The third-order valence-corrected chi connectivity index (χ3v) is 3.00. The van der Waals surface area contributed by atoms with Crippen LogP contribution in [0.1, 0.15) is 0 Å². The average molecular weight is 360 g/mol. The Hall–Kier alpha value is -2.22. The van der Waals surface area contributed by atoms with E-state index in [-0.39, 0.29) is 16.0 Å². The Bertz CT molecular complexity index is 709. The van der Waals surface area contributed by atoms with Crippen LogP contribution in [0.3, 0.4) is 0 Å². The zero-order chi connectivity index (χ0) is 15.6. The number of nitro benzene ring substituents is 1. The molecule has 0 aliphatic rings. The highest BCUT2D eigenvalue weighted by atomic mass is 79.9. The molecule has 0 heterocycles. The highest BCUT2D eigenvalue weighted by Crippen LogP contribution is 2.36. The van der Waals surface area contributed by atoms with Gasteiger partial charge in [0.15, 0.2) is 11.6 Å². The van der Waals surface area contributed by atoms with Gasteiger partial charge in [0, 0.05) is 4.47 Å². The predicted octanol–water partition coefficient (Wildman–Crippen LogP) is 4.44. The Kier molecular flexibility index (Phi) is 4.37. The van der Waals surface area contributed by atoms with Crippen molar-refractivity contribution in [3.05, 3.63) is 56.6 Å². The van der Waals surface area contributed by atoms with E-state index in [1.54, 1.807) is 0 Å². The first kappa shape index (κ1) is 15.2. The molecule has 5 nitrogen and oxygen atoms in total. The van der Waals surface area contributed by atoms with Crippen molar-refractivity contribution in [1.82, 2.24) is 0 Å². The van der Waals surface area contributed by atoms with Gasteiger partial charge in [-0.1, -0.05) is 15.9 Å². The summed E-state index contributed by atoms with van der Waals surface area (Å²) in [5.41, 5.74) is -0.422. The molecule has 0 saturated carbocycles. The fraction of sp³-hybridized carbons (Fsp3) is 0.0769. The van der Waals surface area contributed by atoms with Crippen molar-refractivity contribution in [2.24, 2.45) is 0 Å². The Labute approximate surface area is 126 Å². The number of nitrogens with zero attached hydrogens (tertiary/aromatic N) is 1. The van der Waals surface area contributed by atoms with Crippen molar-refractivity contribution in [3.8, 4) is 17.2 Å². The van der Waals surface area contributed by atoms with Crippen molar-refractivity contribution < 1.29 is 23.2 Å². The molecule has 0 saturated heterocycles. The van der Waals surface area contributed by atoms with E-state index in [9.17, 15) is 18.9 Å². The van der Waals surface area contributed by atoms with E-state index >= 15 is 0 Å². The van der Waals surface area contributed by atoms with Gasteiger partial charge in [0.25, 0.3) is 0 Å². The lowest BCUT2D eigenvalue weighted by Crippen LogP contribution is -1.97. The SMILES string of the molecule is COc1ccc(Oc2cc(Br)cc(F)c2F)c([N+](=O)[O-])c1. The van der Waals surface area contributed by atoms with Crippen molar-refractivity contribution >= 4 is 21.6 Å². The summed E-state index contributed by atoms with van der Waals surface area (Å²) in [7, 11) is 1.35. The highest BCUT2D eigenvalue weighted by Gasteiger charge is 2.20. The second-order valence-corrected chi connectivity index (χ2v) is 4.81. The van der Waals surface area contributed by atoms with E-state index in [1.807, 2.05) is 0 Å². The first-order chi connectivity index (χ1) is 9.92. The monoisotopic (exact) mass is 359 g/mol. The maximum Gasteiger partial charge on any atom is 0.315 e. The van der Waals surface area contributed by atoms with E-state index in [4.69, 9.17) is 9.47 Å². The molecule has 0 aromatic heterocycles. The molecular weight excluding hydrogens is 352 g/mol. The van der Waals surface area contributed by atoms with Crippen LogP contribution in [-0.2, 0) is 0 Å². The molecule has 2 rings (SSSR count). The fourth-order valence-electron chi connectivity index (χ4n) is 1.58. The predicted molar refractivity (Wildman–Crippen MR) is 73.8 cm³/mol. The molecule has 0 aliphatic heterocycles. The number of rotatable bonds is 4. The van der Waals surface area contributed by atoms with Gasteiger partial charge in [0.05, 0.1) is 18.1 Å². The molecule has 110 valence electrons. The molecule has 0 fully saturated rings. The number of hydrogen-bond donors (Lipinski definition) is 0. The van der Waals surface area contributed by atoms with Crippen molar-refractivity contribution in [3.63, 3.8) is 0 Å². The van der Waals surface area contributed by atoms with Crippen molar-refractivity contribution in [1.29, 1.82) is 0 Å². The van der Waals surface area contributed by atoms with Gasteiger partial charge < -0.3 is 9.47 Å². The minimum absolute atomic E-state index is 0.225. The van der Waals surface area contributed by atoms with Crippen LogP contribution in [0.5, 0.6) is 17.2 Å². The normalized spacial score (nSPS) is 10.3.